The van der Waals surface area contributed by atoms with E-state index >= 15 is 0 Å². The maximum atomic E-state index is 5.41. The number of unbranched alkanes of at least 4 members (excludes halogenated alkanes) is 18. The Morgan fingerprint density at radius 1 is 0.429 bits per heavy atom. The first-order valence-corrected chi connectivity index (χ1v) is 13.1. The minimum Gasteiger partial charge on any atom is -0.369 e. The maximum Gasteiger partial charge on any atom is 0.0986 e. The van der Waals surface area contributed by atoms with Gasteiger partial charge in [0.1, 0.15) is 0 Å². The normalized spacial score (nSPS) is 11.6. The molecule has 0 N–H and O–H groups in total. The summed E-state index contributed by atoms with van der Waals surface area (Å²) in [7, 11) is 1.84. The van der Waals surface area contributed by atoms with Crippen molar-refractivity contribution in [2.24, 2.45) is 0 Å². The van der Waals surface area contributed by atoms with Gasteiger partial charge in [-0.1, -0.05) is 129 Å². The first kappa shape index (κ1) is 27.9. The summed E-state index contributed by atoms with van der Waals surface area (Å²) in [6.07, 6.45) is 28.4. The van der Waals surface area contributed by atoms with Crippen LogP contribution < -0.4 is 0 Å². The molecule has 0 aromatic heterocycles. The highest BCUT2D eigenvalue weighted by Gasteiger charge is 2.04. The van der Waals surface area contributed by atoms with Crippen LogP contribution in [0.3, 0.4) is 0 Å². The van der Waals surface area contributed by atoms with Crippen molar-refractivity contribution in [2.45, 2.75) is 142 Å². The molecule has 0 aliphatic carbocycles. The molecular formula is C26H55NO. The van der Waals surface area contributed by atoms with Gasteiger partial charge < -0.3 is 4.74 Å². The van der Waals surface area contributed by atoms with Crippen LogP contribution in [0.15, 0.2) is 0 Å². The summed E-state index contributed by atoms with van der Waals surface area (Å²) < 4.78 is 5.41. The molecule has 0 spiro atoms. The summed E-state index contributed by atoms with van der Waals surface area (Å²) in [4.78, 5) is 2.52. The summed E-state index contributed by atoms with van der Waals surface area (Å²) in [6.45, 7) is 7.85. The van der Waals surface area contributed by atoms with Crippen molar-refractivity contribution in [1.82, 2.24) is 4.90 Å². The summed E-state index contributed by atoms with van der Waals surface area (Å²) in [5, 5.41) is 0. The van der Waals surface area contributed by atoms with Gasteiger partial charge in [0.15, 0.2) is 0 Å². The fraction of sp³-hybridized carbons (Fsp3) is 1.00. The Hall–Kier alpha value is -0.0800. The Bertz CT molecular complexity index is 245. The number of hydrogen-bond acceptors (Lipinski definition) is 2. The van der Waals surface area contributed by atoms with Gasteiger partial charge in [-0.2, -0.15) is 0 Å². The number of rotatable bonds is 24. The first-order chi connectivity index (χ1) is 13.8. The molecule has 0 amide bonds. The summed E-state index contributed by atoms with van der Waals surface area (Å²) >= 11 is 0. The summed E-state index contributed by atoms with van der Waals surface area (Å²) in [6, 6.07) is 0. The van der Waals surface area contributed by atoms with E-state index in [1.165, 1.54) is 142 Å². The van der Waals surface area contributed by atoms with Gasteiger partial charge in [0.25, 0.3) is 0 Å². The minimum absolute atomic E-state index is 0.814. The lowest BCUT2D eigenvalue weighted by Crippen LogP contribution is -2.28. The van der Waals surface area contributed by atoms with Crippen LogP contribution in [0.4, 0.5) is 0 Å². The second-order valence-corrected chi connectivity index (χ2v) is 8.90. The lowest BCUT2D eigenvalue weighted by Gasteiger charge is -2.21. The lowest BCUT2D eigenvalue weighted by atomic mass is 10.1. The molecule has 0 aliphatic rings. The fourth-order valence-electron chi connectivity index (χ4n) is 4.07. The molecule has 28 heavy (non-hydrogen) atoms. The van der Waals surface area contributed by atoms with Crippen molar-refractivity contribution in [1.29, 1.82) is 0 Å². The molecule has 0 aromatic rings. The van der Waals surface area contributed by atoms with E-state index in [-0.39, 0.29) is 0 Å². The van der Waals surface area contributed by atoms with Crippen LogP contribution in [0.2, 0.25) is 0 Å². The van der Waals surface area contributed by atoms with Crippen LogP contribution >= 0.6 is 0 Å². The molecule has 170 valence electrons. The van der Waals surface area contributed by atoms with Gasteiger partial charge in [-0.15, -0.1) is 0 Å². The molecule has 2 nitrogen and oxygen atoms in total. The van der Waals surface area contributed by atoms with Crippen molar-refractivity contribution in [2.75, 3.05) is 26.9 Å². The molecular weight excluding hydrogens is 342 g/mol. The Kier molecular flexibility index (Phi) is 24.9. The Morgan fingerprint density at radius 3 is 1.00 bits per heavy atom. The van der Waals surface area contributed by atoms with Crippen molar-refractivity contribution >= 4 is 0 Å². The van der Waals surface area contributed by atoms with Gasteiger partial charge in [0.2, 0.25) is 0 Å². The third kappa shape index (κ3) is 22.2. The van der Waals surface area contributed by atoms with Gasteiger partial charge in [-0.3, -0.25) is 4.90 Å². The van der Waals surface area contributed by atoms with Crippen LogP contribution in [0.5, 0.6) is 0 Å². The highest BCUT2D eigenvalue weighted by atomic mass is 16.5. The second kappa shape index (κ2) is 25.0. The largest absolute Gasteiger partial charge is 0.369 e. The van der Waals surface area contributed by atoms with E-state index in [9.17, 15) is 0 Å². The van der Waals surface area contributed by atoms with E-state index in [4.69, 9.17) is 4.74 Å². The SMILES string of the molecule is CCCCCCCCCCCCN(CCCCCCCCCCCC)COC. The van der Waals surface area contributed by atoms with Gasteiger partial charge in [0, 0.05) is 20.2 Å². The van der Waals surface area contributed by atoms with Gasteiger partial charge in [-0.05, 0) is 12.8 Å². The smallest absolute Gasteiger partial charge is 0.0986 e. The number of nitrogens with zero attached hydrogens (tertiary/aromatic N) is 1. The molecule has 0 rings (SSSR count). The van der Waals surface area contributed by atoms with Crippen LogP contribution in [0, 0.1) is 0 Å². The van der Waals surface area contributed by atoms with Crippen molar-refractivity contribution in [3.05, 3.63) is 0 Å². The second-order valence-electron chi connectivity index (χ2n) is 8.90. The topological polar surface area (TPSA) is 12.5 Å². The van der Waals surface area contributed by atoms with Crippen molar-refractivity contribution in [3.63, 3.8) is 0 Å². The molecule has 0 saturated heterocycles. The molecule has 0 unspecified atom stereocenters. The van der Waals surface area contributed by atoms with E-state index in [0.717, 1.165) is 6.73 Å². The third-order valence-corrected chi connectivity index (χ3v) is 5.97. The molecule has 0 bridgehead atoms. The van der Waals surface area contributed by atoms with Crippen LogP contribution in [-0.2, 0) is 4.74 Å². The van der Waals surface area contributed by atoms with Gasteiger partial charge >= 0.3 is 0 Å². The molecule has 0 aromatic carbocycles. The van der Waals surface area contributed by atoms with E-state index in [0.29, 0.717) is 0 Å². The molecule has 2 heteroatoms. The van der Waals surface area contributed by atoms with E-state index in [1.54, 1.807) is 0 Å². The Morgan fingerprint density at radius 2 is 0.714 bits per heavy atom. The van der Waals surface area contributed by atoms with Gasteiger partial charge in [0.05, 0.1) is 6.73 Å². The first-order valence-electron chi connectivity index (χ1n) is 13.1. The standard InChI is InChI=1S/C26H55NO/c1-4-6-8-10-12-14-16-18-20-22-24-27(26-28-3)25-23-21-19-17-15-13-11-9-7-5-2/h4-26H2,1-3H3. The van der Waals surface area contributed by atoms with Crippen molar-refractivity contribution in [3.8, 4) is 0 Å². The summed E-state index contributed by atoms with van der Waals surface area (Å²) in [5.74, 6) is 0. The quantitative estimate of drug-likeness (QED) is 0.119. The lowest BCUT2D eigenvalue weighted by molar-refractivity contribution is 0.0606. The van der Waals surface area contributed by atoms with Crippen molar-refractivity contribution < 1.29 is 4.74 Å². The predicted octanol–water partition coefficient (Wildman–Crippen LogP) is 8.73. The molecule has 0 heterocycles. The molecule has 0 aliphatic heterocycles. The van der Waals surface area contributed by atoms with Crippen LogP contribution in [0.25, 0.3) is 0 Å². The molecule has 0 radical (unpaired) electrons. The molecule has 0 fully saturated rings. The van der Waals surface area contributed by atoms with Gasteiger partial charge in [-0.25, -0.2) is 0 Å². The average molecular weight is 398 g/mol. The predicted molar refractivity (Wildman–Crippen MR) is 127 cm³/mol. The zero-order chi connectivity index (χ0) is 20.5. The zero-order valence-corrected chi connectivity index (χ0v) is 20.1. The highest BCUT2D eigenvalue weighted by molar-refractivity contribution is 4.56. The fourth-order valence-corrected chi connectivity index (χ4v) is 4.07. The minimum atomic E-state index is 0.814. The number of ether oxygens (including phenoxy) is 1. The number of methoxy groups -OCH3 is 1. The van der Waals surface area contributed by atoms with Crippen LogP contribution in [0.1, 0.15) is 142 Å². The summed E-state index contributed by atoms with van der Waals surface area (Å²) in [5.41, 5.74) is 0. The third-order valence-electron chi connectivity index (χ3n) is 5.97. The molecule has 0 saturated carbocycles. The Labute approximate surface area is 179 Å². The molecule has 0 atom stereocenters. The van der Waals surface area contributed by atoms with E-state index in [2.05, 4.69) is 18.7 Å². The van der Waals surface area contributed by atoms with E-state index in [1.807, 2.05) is 7.11 Å². The zero-order valence-electron chi connectivity index (χ0n) is 20.1. The highest BCUT2D eigenvalue weighted by Crippen LogP contribution is 2.12. The average Bonchev–Trinajstić information content (AvgIpc) is 2.70. The maximum absolute atomic E-state index is 5.41. The van der Waals surface area contributed by atoms with Crippen LogP contribution in [-0.4, -0.2) is 31.8 Å². The van der Waals surface area contributed by atoms with E-state index < -0.39 is 0 Å². The number of hydrogen-bond donors (Lipinski definition) is 0. The Balaban J connectivity index is 3.41. The monoisotopic (exact) mass is 397 g/mol.